The van der Waals surface area contributed by atoms with Crippen LogP contribution in [0.5, 0.6) is 0 Å². The zero-order chi connectivity index (χ0) is 13.6. The van der Waals surface area contributed by atoms with Crippen molar-refractivity contribution >= 4 is 11.6 Å². The van der Waals surface area contributed by atoms with Crippen molar-refractivity contribution < 1.29 is 0 Å². The highest BCUT2D eigenvalue weighted by Gasteiger charge is 2.22. The number of aryl methyl sites for hydroxylation is 2. The number of rotatable bonds is 1. The van der Waals surface area contributed by atoms with Gasteiger partial charge in [0.15, 0.2) is 5.65 Å². The first-order chi connectivity index (χ1) is 9.08. The molecule has 0 amide bonds. The summed E-state index contributed by atoms with van der Waals surface area (Å²) in [6.07, 6.45) is 2.28. The summed E-state index contributed by atoms with van der Waals surface area (Å²) >= 11 is 0. The third-order valence-corrected chi connectivity index (χ3v) is 4.08. The Hall–Kier alpha value is -1.85. The molecule has 2 aromatic heterocycles. The normalized spacial score (nSPS) is 17.3. The molecule has 6 nitrogen and oxygen atoms in total. The molecule has 1 aliphatic heterocycles. The molecular weight excluding hydrogens is 242 g/mol. The summed E-state index contributed by atoms with van der Waals surface area (Å²) in [5, 5.41) is 6.63. The summed E-state index contributed by atoms with van der Waals surface area (Å²) in [7, 11) is 0. The zero-order valence-electron chi connectivity index (χ0n) is 11.6. The maximum absolute atomic E-state index is 11.9. The molecule has 0 atom stereocenters. The largest absolute Gasteiger partial charge is 0.350 e. The molecule has 0 saturated carbocycles. The summed E-state index contributed by atoms with van der Waals surface area (Å²) in [4.78, 5) is 18.8. The SMILES string of the molecule is Cc1nc(N2CCC(C)CC2)n2c(=O)[nH]nc2c1C. The third kappa shape index (κ3) is 1.91. The number of aromatic nitrogens is 4. The molecule has 0 radical (unpaired) electrons. The zero-order valence-corrected chi connectivity index (χ0v) is 11.6. The second-order valence-corrected chi connectivity index (χ2v) is 5.48. The predicted molar refractivity (Wildman–Crippen MR) is 73.7 cm³/mol. The van der Waals surface area contributed by atoms with E-state index >= 15 is 0 Å². The lowest BCUT2D eigenvalue weighted by molar-refractivity contribution is 0.433. The molecule has 3 heterocycles. The molecule has 0 unspecified atom stereocenters. The molecule has 1 N–H and O–H groups in total. The van der Waals surface area contributed by atoms with Crippen LogP contribution >= 0.6 is 0 Å². The average Bonchev–Trinajstić information content (AvgIpc) is 2.78. The van der Waals surface area contributed by atoms with Crippen LogP contribution in [-0.4, -0.2) is 32.7 Å². The Morgan fingerprint density at radius 3 is 2.63 bits per heavy atom. The fraction of sp³-hybridized carbons (Fsp3) is 0.615. The van der Waals surface area contributed by atoms with Crippen LogP contribution in [0.3, 0.4) is 0 Å². The number of hydrogen-bond acceptors (Lipinski definition) is 4. The van der Waals surface area contributed by atoms with Gasteiger partial charge in [0.2, 0.25) is 5.95 Å². The summed E-state index contributed by atoms with van der Waals surface area (Å²) in [6, 6.07) is 0. The van der Waals surface area contributed by atoms with E-state index in [1.54, 1.807) is 4.40 Å². The number of anilines is 1. The molecule has 0 aliphatic carbocycles. The van der Waals surface area contributed by atoms with Crippen LogP contribution < -0.4 is 10.6 Å². The van der Waals surface area contributed by atoms with Crippen molar-refractivity contribution in [3.05, 3.63) is 21.7 Å². The fourth-order valence-electron chi connectivity index (χ4n) is 2.60. The number of piperidine rings is 1. The van der Waals surface area contributed by atoms with Gasteiger partial charge in [-0.25, -0.2) is 19.3 Å². The molecule has 19 heavy (non-hydrogen) atoms. The number of H-pyrrole nitrogens is 1. The van der Waals surface area contributed by atoms with Gasteiger partial charge < -0.3 is 4.90 Å². The molecule has 3 rings (SSSR count). The average molecular weight is 261 g/mol. The Bertz CT molecular complexity index is 663. The van der Waals surface area contributed by atoms with E-state index in [2.05, 4.69) is 27.0 Å². The molecule has 0 aromatic carbocycles. The van der Waals surface area contributed by atoms with Gasteiger partial charge in [-0.2, -0.15) is 5.10 Å². The van der Waals surface area contributed by atoms with Crippen molar-refractivity contribution in [2.45, 2.75) is 33.6 Å². The van der Waals surface area contributed by atoms with Gasteiger partial charge in [0.25, 0.3) is 0 Å². The van der Waals surface area contributed by atoms with E-state index in [-0.39, 0.29) is 5.69 Å². The van der Waals surface area contributed by atoms with Crippen LogP contribution in [0.2, 0.25) is 0 Å². The Balaban J connectivity index is 2.15. The first kappa shape index (κ1) is 12.2. The summed E-state index contributed by atoms with van der Waals surface area (Å²) in [5.74, 6) is 1.48. The van der Waals surface area contributed by atoms with Crippen LogP contribution in [0.4, 0.5) is 5.95 Å². The number of fused-ring (bicyclic) bond motifs is 1. The van der Waals surface area contributed by atoms with Crippen molar-refractivity contribution in [2.75, 3.05) is 18.0 Å². The number of aromatic amines is 1. The van der Waals surface area contributed by atoms with E-state index in [1.165, 1.54) is 0 Å². The van der Waals surface area contributed by atoms with E-state index in [4.69, 9.17) is 0 Å². The van der Waals surface area contributed by atoms with Crippen LogP contribution in [0.1, 0.15) is 31.0 Å². The Labute approximate surface area is 111 Å². The molecular formula is C13H19N5O. The van der Waals surface area contributed by atoms with E-state index in [9.17, 15) is 4.79 Å². The molecule has 1 saturated heterocycles. The topological polar surface area (TPSA) is 66.3 Å². The Morgan fingerprint density at radius 1 is 1.26 bits per heavy atom. The molecule has 1 fully saturated rings. The minimum absolute atomic E-state index is 0.209. The van der Waals surface area contributed by atoms with E-state index in [1.807, 2.05) is 13.8 Å². The van der Waals surface area contributed by atoms with Gasteiger partial charge in [0.05, 0.1) is 0 Å². The van der Waals surface area contributed by atoms with Crippen molar-refractivity contribution in [1.82, 2.24) is 19.6 Å². The minimum Gasteiger partial charge on any atom is -0.342 e. The van der Waals surface area contributed by atoms with Crippen LogP contribution in [-0.2, 0) is 0 Å². The highest BCUT2D eigenvalue weighted by Crippen LogP contribution is 2.23. The fourth-order valence-corrected chi connectivity index (χ4v) is 2.60. The lowest BCUT2D eigenvalue weighted by Gasteiger charge is -2.31. The van der Waals surface area contributed by atoms with Crippen molar-refractivity contribution in [3.8, 4) is 0 Å². The molecule has 0 bridgehead atoms. The maximum atomic E-state index is 11.9. The monoisotopic (exact) mass is 261 g/mol. The van der Waals surface area contributed by atoms with Crippen molar-refractivity contribution in [1.29, 1.82) is 0 Å². The Kier molecular flexibility index (Phi) is 2.80. The van der Waals surface area contributed by atoms with Crippen LogP contribution in [0.25, 0.3) is 5.65 Å². The minimum atomic E-state index is -0.209. The summed E-state index contributed by atoms with van der Waals surface area (Å²) < 4.78 is 1.60. The maximum Gasteiger partial charge on any atom is 0.350 e. The second-order valence-electron chi connectivity index (χ2n) is 5.48. The number of hydrogen-bond donors (Lipinski definition) is 1. The Morgan fingerprint density at radius 2 is 1.95 bits per heavy atom. The third-order valence-electron chi connectivity index (χ3n) is 4.08. The van der Waals surface area contributed by atoms with E-state index in [0.717, 1.165) is 49.1 Å². The lowest BCUT2D eigenvalue weighted by atomic mass is 10.00. The van der Waals surface area contributed by atoms with E-state index < -0.39 is 0 Å². The summed E-state index contributed by atoms with van der Waals surface area (Å²) in [6.45, 7) is 8.07. The standard InChI is InChI=1S/C13H19N5O/c1-8-4-6-17(7-5-8)12-14-10(3)9(2)11-15-16-13(19)18(11)12/h8H,4-7H2,1-3H3,(H,16,19). The van der Waals surface area contributed by atoms with Gasteiger partial charge in [0.1, 0.15) is 0 Å². The number of nitrogens with zero attached hydrogens (tertiary/aromatic N) is 4. The lowest BCUT2D eigenvalue weighted by Crippen LogP contribution is -2.36. The van der Waals surface area contributed by atoms with Gasteiger partial charge in [0, 0.05) is 24.3 Å². The predicted octanol–water partition coefficient (Wildman–Crippen LogP) is 1.27. The van der Waals surface area contributed by atoms with Gasteiger partial charge >= 0.3 is 5.69 Å². The smallest absolute Gasteiger partial charge is 0.342 e. The van der Waals surface area contributed by atoms with Crippen LogP contribution in [0, 0.1) is 19.8 Å². The second kappa shape index (κ2) is 4.36. The first-order valence-corrected chi connectivity index (χ1v) is 6.77. The summed E-state index contributed by atoms with van der Waals surface area (Å²) in [5.41, 5.74) is 2.36. The molecule has 102 valence electrons. The molecule has 6 heteroatoms. The van der Waals surface area contributed by atoms with Crippen molar-refractivity contribution in [3.63, 3.8) is 0 Å². The first-order valence-electron chi connectivity index (χ1n) is 6.77. The van der Waals surface area contributed by atoms with Crippen LogP contribution in [0.15, 0.2) is 4.79 Å². The molecule has 2 aromatic rings. The quantitative estimate of drug-likeness (QED) is 0.839. The molecule has 1 aliphatic rings. The van der Waals surface area contributed by atoms with Gasteiger partial charge in [-0.1, -0.05) is 6.92 Å². The highest BCUT2D eigenvalue weighted by molar-refractivity contribution is 5.54. The van der Waals surface area contributed by atoms with Gasteiger partial charge in [-0.15, -0.1) is 0 Å². The van der Waals surface area contributed by atoms with Gasteiger partial charge in [-0.3, -0.25) is 0 Å². The highest BCUT2D eigenvalue weighted by atomic mass is 16.1. The number of nitrogens with one attached hydrogen (secondary N) is 1. The van der Waals surface area contributed by atoms with E-state index in [0.29, 0.717) is 5.65 Å². The molecule has 0 spiro atoms. The van der Waals surface area contributed by atoms with Gasteiger partial charge in [-0.05, 0) is 32.6 Å². The van der Waals surface area contributed by atoms with Crippen molar-refractivity contribution in [2.24, 2.45) is 5.92 Å².